The Bertz CT molecular complexity index is 735. The van der Waals surface area contributed by atoms with Crippen molar-refractivity contribution in [1.82, 2.24) is 19.9 Å². The standard InChI is InChI=1S/C17H20N4O3S/c22-15(21-8-2-1-3-13(21)4-5-16(23)24)9-12-11-25-17(20-12)14-10-18-6-7-19-14/h6-7,10-11,13H,1-5,8-9H2,(H,23,24). The Labute approximate surface area is 149 Å². The molecule has 0 aromatic carbocycles. The molecule has 0 saturated carbocycles. The Morgan fingerprint density at radius 3 is 2.96 bits per heavy atom. The fraction of sp³-hybridized carbons (Fsp3) is 0.471. The molecule has 2 aromatic heterocycles. The molecular weight excluding hydrogens is 340 g/mol. The molecule has 0 bridgehead atoms. The van der Waals surface area contributed by atoms with Crippen molar-refractivity contribution in [1.29, 1.82) is 0 Å². The zero-order valence-corrected chi connectivity index (χ0v) is 14.6. The summed E-state index contributed by atoms with van der Waals surface area (Å²) in [6.45, 7) is 0.699. The highest BCUT2D eigenvalue weighted by atomic mass is 32.1. The Balaban J connectivity index is 1.64. The highest BCUT2D eigenvalue weighted by Crippen LogP contribution is 2.24. The van der Waals surface area contributed by atoms with E-state index in [9.17, 15) is 9.59 Å². The number of hydrogen-bond donors (Lipinski definition) is 1. The van der Waals surface area contributed by atoms with Crippen molar-refractivity contribution < 1.29 is 14.7 Å². The third-order valence-corrected chi connectivity index (χ3v) is 5.22. The van der Waals surface area contributed by atoms with Gasteiger partial charge in [0, 0.05) is 36.8 Å². The van der Waals surface area contributed by atoms with Crippen LogP contribution in [-0.4, -0.2) is 49.4 Å². The summed E-state index contributed by atoms with van der Waals surface area (Å²) >= 11 is 1.44. The molecule has 132 valence electrons. The molecule has 1 fully saturated rings. The van der Waals surface area contributed by atoms with Gasteiger partial charge in [0.15, 0.2) is 0 Å². The van der Waals surface area contributed by atoms with Gasteiger partial charge in [0.25, 0.3) is 0 Å². The predicted molar refractivity (Wildman–Crippen MR) is 93.1 cm³/mol. The number of aromatic nitrogens is 3. The second-order valence-electron chi connectivity index (χ2n) is 6.08. The summed E-state index contributed by atoms with van der Waals surface area (Å²) in [7, 11) is 0. The summed E-state index contributed by atoms with van der Waals surface area (Å²) in [4.78, 5) is 38.1. The first-order valence-corrected chi connectivity index (χ1v) is 9.23. The summed E-state index contributed by atoms with van der Waals surface area (Å²) in [5.74, 6) is -0.794. The van der Waals surface area contributed by atoms with Gasteiger partial charge < -0.3 is 10.0 Å². The number of thiazole rings is 1. The lowest BCUT2D eigenvalue weighted by atomic mass is 9.97. The van der Waals surface area contributed by atoms with Crippen molar-refractivity contribution in [3.8, 4) is 10.7 Å². The second kappa shape index (κ2) is 8.15. The van der Waals surface area contributed by atoms with Gasteiger partial charge in [-0.1, -0.05) is 0 Å². The number of likely N-dealkylation sites (tertiary alicyclic amines) is 1. The molecule has 3 rings (SSSR count). The van der Waals surface area contributed by atoms with Crippen LogP contribution < -0.4 is 0 Å². The fourth-order valence-corrected chi connectivity index (χ4v) is 3.87. The summed E-state index contributed by atoms with van der Waals surface area (Å²) in [6, 6.07) is 0.0236. The molecule has 1 unspecified atom stereocenters. The average Bonchev–Trinajstić information content (AvgIpc) is 3.09. The van der Waals surface area contributed by atoms with Gasteiger partial charge >= 0.3 is 5.97 Å². The summed E-state index contributed by atoms with van der Waals surface area (Å²) in [6.07, 6.45) is 8.61. The van der Waals surface area contributed by atoms with Crippen molar-refractivity contribution >= 4 is 23.2 Å². The molecule has 2 aromatic rings. The maximum Gasteiger partial charge on any atom is 0.303 e. The minimum atomic E-state index is -0.814. The molecule has 25 heavy (non-hydrogen) atoms. The van der Waals surface area contributed by atoms with Gasteiger partial charge in [-0.2, -0.15) is 0 Å². The van der Waals surface area contributed by atoms with E-state index in [1.807, 2.05) is 10.3 Å². The van der Waals surface area contributed by atoms with E-state index >= 15 is 0 Å². The van der Waals surface area contributed by atoms with E-state index in [2.05, 4.69) is 15.0 Å². The minimum absolute atomic E-state index is 0.0195. The molecule has 1 atom stereocenters. The van der Waals surface area contributed by atoms with Crippen LogP contribution in [0.25, 0.3) is 10.7 Å². The fourth-order valence-electron chi connectivity index (χ4n) is 3.09. The van der Waals surface area contributed by atoms with Crippen LogP contribution in [0.5, 0.6) is 0 Å². The van der Waals surface area contributed by atoms with Crippen LogP contribution >= 0.6 is 11.3 Å². The molecule has 1 amide bonds. The number of rotatable bonds is 6. The van der Waals surface area contributed by atoms with E-state index in [0.29, 0.717) is 18.7 Å². The molecule has 8 heteroatoms. The van der Waals surface area contributed by atoms with Crippen LogP contribution in [0.3, 0.4) is 0 Å². The molecule has 1 aliphatic rings. The highest BCUT2D eigenvalue weighted by molar-refractivity contribution is 7.13. The van der Waals surface area contributed by atoms with Crippen molar-refractivity contribution in [3.63, 3.8) is 0 Å². The minimum Gasteiger partial charge on any atom is -0.481 e. The molecule has 0 radical (unpaired) electrons. The third kappa shape index (κ3) is 4.60. The summed E-state index contributed by atoms with van der Waals surface area (Å²) in [5.41, 5.74) is 1.42. The average molecular weight is 360 g/mol. The van der Waals surface area contributed by atoms with Crippen molar-refractivity contribution in [2.75, 3.05) is 6.54 Å². The molecule has 0 aliphatic carbocycles. The van der Waals surface area contributed by atoms with E-state index in [4.69, 9.17) is 5.11 Å². The number of nitrogens with zero attached hydrogens (tertiary/aromatic N) is 4. The van der Waals surface area contributed by atoms with E-state index in [-0.39, 0.29) is 24.8 Å². The first kappa shape index (κ1) is 17.5. The largest absolute Gasteiger partial charge is 0.481 e. The number of carboxylic acids is 1. The SMILES string of the molecule is O=C(O)CCC1CCCCN1C(=O)Cc1csc(-c2cnccn2)n1. The van der Waals surface area contributed by atoms with E-state index in [1.165, 1.54) is 11.3 Å². The maximum absolute atomic E-state index is 12.7. The van der Waals surface area contributed by atoms with E-state index in [0.717, 1.165) is 30.0 Å². The maximum atomic E-state index is 12.7. The number of hydrogen-bond acceptors (Lipinski definition) is 6. The Kier molecular flexibility index (Phi) is 5.70. The van der Waals surface area contributed by atoms with Gasteiger partial charge in [0.1, 0.15) is 10.7 Å². The zero-order valence-electron chi connectivity index (χ0n) is 13.8. The monoisotopic (exact) mass is 360 g/mol. The third-order valence-electron chi connectivity index (χ3n) is 4.31. The number of carbonyl (C=O) groups excluding carboxylic acids is 1. The quantitative estimate of drug-likeness (QED) is 0.850. The molecule has 0 spiro atoms. The van der Waals surface area contributed by atoms with Gasteiger partial charge in [-0.15, -0.1) is 11.3 Å². The van der Waals surface area contributed by atoms with Crippen molar-refractivity contribution in [2.45, 2.75) is 44.6 Å². The Morgan fingerprint density at radius 1 is 1.32 bits per heavy atom. The lowest BCUT2D eigenvalue weighted by Gasteiger charge is -2.35. The number of carboxylic acid groups (broad SMARTS) is 1. The van der Waals surface area contributed by atoms with Crippen LogP contribution in [0.4, 0.5) is 0 Å². The van der Waals surface area contributed by atoms with Gasteiger partial charge in [-0.25, -0.2) is 4.98 Å². The van der Waals surface area contributed by atoms with Gasteiger partial charge in [0.05, 0.1) is 18.3 Å². The first-order valence-electron chi connectivity index (χ1n) is 8.35. The molecule has 3 heterocycles. The van der Waals surface area contributed by atoms with Crippen molar-refractivity contribution in [3.05, 3.63) is 29.7 Å². The topological polar surface area (TPSA) is 96.3 Å². The molecular formula is C17H20N4O3S. The first-order chi connectivity index (χ1) is 12.1. The van der Waals surface area contributed by atoms with Crippen LogP contribution in [0.1, 0.15) is 37.8 Å². The summed E-state index contributed by atoms with van der Waals surface area (Å²) < 4.78 is 0. The molecule has 7 nitrogen and oxygen atoms in total. The Hall–Kier alpha value is -2.35. The summed E-state index contributed by atoms with van der Waals surface area (Å²) in [5, 5.41) is 11.5. The second-order valence-corrected chi connectivity index (χ2v) is 6.94. The van der Waals surface area contributed by atoms with Crippen LogP contribution in [0, 0.1) is 0 Å². The normalized spacial score (nSPS) is 17.4. The lowest BCUT2D eigenvalue weighted by Crippen LogP contribution is -2.44. The number of amides is 1. The number of carbonyl (C=O) groups is 2. The zero-order chi connectivity index (χ0) is 17.6. The Morgan fingerprint density at radius 2 is 2.20 bits per heavy atom. The smallest absolute Gasteiger partial charge is 0.303 e. The van der Waals surface area contributed by atoms with E-state index < -0.39 is 5.97 Å². The van der Waals surface area contributed by atoms with Gasteiger partial charge in [-0.05, 0) is 25.7 Å². The number of aliphatic carboxylic acids is 1. The van der Waals surface area contributed by atoms with E-state index in [1.54, 1.807) is 18.6 Å². The van der Waals surface area contributed by atoms with Gasteiger partial charge in [-0.3, -0.25) is 19.6 Å². The molecule has 1 N–H and O–H groups in total. The lowest BCUT2D eigenvalue weighted by molar-refractivity contribution is -0.139. The van der Waals surface area contributed by atoms with Crippen LogP contribution in [-0.2, 0) is 16.0 Å². The van der Waals surface area contributed by atoms with Crippen LogP contribution in [0.15, 0.2) is 24.0 Å². The van der Waals surface area contributed by atoms with Crippen LogP contribution in [0.2, 0.25) is 0 Å². The van der Waals surface area contributed by atoms with Crippen molar-refractivity contribution in [2.24, 2.45) is 0 Å². The highest BCUT2D eigenvalue weighted by Gasteiger charge is 2.27. The molecule has 1 saturated heterocycles. The number of piperidine rings is 1. The van der Waals surface area contributed by atoms with Gasteiger partial charge in [0.2, 0.25) is 5.91 Å². The predicted octanol–water partition coefficient (Wildman–Crippen LogP) is 2.39. The molecule has 1 aliphatic heterocycles.